The molecule has 0 saturated heterocycles. The van der Waals surface area contributed by atoms with E-state index >= 15 is 0 Å². The Bertz CT molecular complexity index is 661. The van der Waals surface area contributed by atoms with Crippen LogP contribution < -0.4 is 4.74 Å². The first-order valence-corrected chi connectivity index (χ1v) is 10.1. The molecule has 1 saturated carbocycles. The number of carbonyl (C=O) groups excluding carboxylic acids is 1. The second-order valence-corrected chi connectivity index (χ2v) is 8.41. The summed E-state index contributed by atoms with van der Waals surface area (Å²) >= 11 is 5.37. The van der Waals surface area contributed by atoms with Crippen LogP contribution in [-0.4, -0.2) is 38.1 Å². The van der Waals surface area contributed by atoms with Crippen LogP contribution in [0.4, 0.5) is 0 Å². The Morgan fingerprint density at radius 2 is 2.08 bits per heavy atom. The molecule has 0 amide bonds. The van der Waals surface area contributed by atoms with Crippen molar-refractivity contribution in [2.75, 3.05) is 21.0 Å². The monoisotopic (exact) mass is 426 g/mol. The van der Waals surface area contributed by atoms with E-state index in [1.807, 2.05) is 24.3 Å². The van der Waals surface area contributed by atoms with E-state index in [4.69, 9.17) is 14.2 Å². The third-order valence-electron chi connectivity index (χ3n) is 4.80. The van der Waals surface area contributed by atoms with Crippen LogP contribution in [0.1, 0.15) is 25.7 Å². The number of methoxy groups -OCH3 is 2. The van der Waals surface area contributed by atoms with Gasteiger partial charge >= 0.3 is 0 Å². The fourth-order valence-corrected chi connectivity index (χ4v) is 5.45. The predicted octanol–water partition coefficient (Wildman–Crippen LogP) is 4.61. The Morgan fingerprint density at radius 3 is 2.84 bits per heavy atom. The molecule has 0 bridgehead atoms. The van der Waals surface area contributed by atoms with Gasteiger partial charge in [-0.15, -0.1) is 11.8 Å². The smallest absolute Gasteiger partial charge is 0.155 e. The molecule has 2 aliphatic carbocycles. The molecular weight excluding hydrogens is 404 g/mol. The molecule has 3 rings (SSSR count). The Labute approximate surface area is 161 Å². The summed E-state index contributed by atoms with van der Waals surface area (Å²) in [5.41, 5.74) is 1.23. The number of hydrogen-bond donors (Lipinski definition) is 0. The number of carbonyl (C=O) groups is 1. The van der Waals surface area contributed by atoms with Gasteiger partial charge < -0.3 is 14.2 Å². The van der Waals surface area contributed by atoms with Gasteiger partial charge in [0.15, 0.2) is 5.78 Å². The van der Waals surface area contributed by atoms with E-state index in [-0.39, 0.29) is 23.9 Å². The molecule has 0 N–H and O–H groups in total. The summed E-state index contributed by atoms with van der Waals surface area (Å²) in [5.74, 6) is 1.54. The highest BCUT2D eigenvalue weighted by Gasteiger charge is 2.38. The molecule has 0 heterocycles. The van der Waals surface area contributed by atoms with Gasteiger partial charge in [0, 0.05) is 22.9 Å². The largest absolute Gasteiger partial charge is 0.497 e. The van der Waals surface area contributed by atoms with Crippen molar-refractivity contribution in [3.63, 3.8) is 0 Å². The summed E-state index contributed by atoms with van der Waals surface area (Å²) in [7, 11) is 3.30. The van der Waals surface area contributed by atoms with Crippen molar-refractivity contribution in [1.82, 2.24) is 0 Å². The van der Waals surface area contributed by atoms with Crippen LogP contribution in [0.5, 0.6) is 5.75 Å². The first-order valence-electron chi connectivity index (χ1n) is 8.47. The summed E-state index contributed by atoms with van der Waals surface area (Å²) < 4.78 is 17.5. The molecule has 4 nitrogen and oxygen atoms in total. The van der Waals surface area contributed by atoms with Gasteiger partial charge in [-0.1, -0.05) is 0 Å². The summed E-state index contributed by atoms with van der Waals surface area (Å²) in [6, 6.07) is 5.95. The standard InChI is InChI=1S/C19H23BrO4S/c1-22-11-24-17-8-4-12-3-5-13(21)9-15(12)19(17)25-18-10-14(23-2)6-7-16(18)20/h6-7,9-10,12,17,19H,3-5,8,11H2,1-2H3/t12-,17+,19+/m1/s1. The van der Waals surface area contributed by atoms with Gasteiger partial charge in [0.1, 0.15) is 12.5 Å². The second-order valence-electron chi connectivity index (χ2n) is 6.37. The van der Waals surface area contributed by atoms with E-state index in [0.29, 0.717) is 12.3 Å². The van der Waals surface area contributed by atoms with E-state index < -0.39 is 0 Å². The third kappa shape index (κ3) is 4.48. The van der Waals surface area contributed by atoms with Gasteiger partial charge in [0.05, 0.1) is 18.5 Å². The van der Waals surface area contributed by atoms with Gasteiger partial charge in [-0.25, -0.2) is 0 Å². The van der Waals surface area contributed by atoms with E-state index in [1.54, 1.807) is 26.0 Å². The summed E-state index contributed by atoms with van der Waals surface area (Å²) in [5, 5.41) is 0.113. The number of benzene rings is 1. The maximum atomic E-state index is 12.0. The Balaban J connectivity index is 1.90. The lowest BCUT2D eigenvalue weighted by Crippen LogP contribution is -2.38. The zero-order chi connectivity index (χ0) is 17.8. The van der Waals surface area contributed by atoms with Crippen molar-refractivity contribution in [1.29, 1.82) is 0 Å². The lowest BCUT2D eigenvalue weighted by atomic mass is 9.76. The minimum absolute atomic E-state index is 0.0384. The molecule has 0 unspecified atom stereocenters. The maximum Gasteiger partial charge on any atom is 0.155 e. The van der Waals surface area contributed by atoms with Crippen molar-refractivity contribution in [2.24, 2.45) is 5.92 Å². The minimum Gasteiger partial charge on any atom is -0.497 e. The van der Waals surface area contributed by atoms with Crippen molar-refractivity contribution >= 4 is 33.5 Å². The number of allylic oxidation sites excluding steroid dienone is 1. The van der Waals surface area contributed by atoms with Crippen LogP contribution >= 0.6 is 27.7 Å². The van der Waals surface area contributed by atoms with Crippen molar-refractivity contribution < 1.29 is 19.0 Å². The number of rotatable bonds is 6. The highest BCUT2D eigenvalue weighted by atomic mass is 79.9. The Hall–Kier alpha value is -0.820. The molecule has 136 valence electrons. The molecule has 6 heteroatoms. The van der Waals surface area contributed by atoms with Crippen molar-refractivity contribution in [3.05, 3.63) is 34.3 Å². The zero-order valence-electron chi connectivity index (χ0n) is 14.5. The number of fused-ring (bicyclic) bond motifs is 1. The van der Waals surface area contributed by atoms with Crippen molar-refractivity contribution in [3.8, 4) is 5.75 Å². The molecule has 3 atom stereocenters. The molecule has 0 spiro atoms. The van der Waals surface area contributed by atoms with E-state index in [9.17, 15) is 4.79 Å². The highest BCUT2D eigenvalue weighted by Crippen LogP contribution is 2.46. The molecule has 1 aromatic carbocycles. The lowest BCUT2D eigenvalue weighted by molar-refractivity contribution is -0.115. The summed E-state index contributed by atoms with van der Waals surface area (Å²) in [4.78, 5) is 13.1. The van der Waals surface area contributed by atoms with Crippen LogP contribution in [0.15, 0.2) is 39.2 Å². The highest BCUT2D eigenvalue weighted by molar-refractivity contribution is 9.10. The lowest BCUT2D eigenvalue weighted by Gasteiger charge is -2.39. The maximum absolute atomic E-state index is 12.0. The topological polar surface area (TPSA) is 44.8 Å². The van der Waals surface area contributed by atoms with E-state index in [1.165, 1.54) is 5.57 Å². The number of thioether (sulfide) groups is 1. The normalized spacial score (nSPS) is 26.1. The molecule has 1 fully saturated rings. The van der Waals surface area contributed by atoms with Gasteiger partial charge in [-0.2, -0.15) is 0 Å². The van der Waals surface area contributed by atoms with Gasteiger partial charge in [0.25, 0.3) is 0 Å². The average molecular weight is 427 g/mol. The van der Waals surface area contributed by atoms with Crippen molar-refractivity contribution in [2.45, 2.75) is 41.9 Å². The number of ether oxygens (including phenoxy) is 3. The number of hydrogen-bond acceptors (Lipinski definition) is 5. The first-order chi connectivity index (χ1) is 12.1. The van der Waals surface area contributed by atoms with Gasteiger partial charge in [0.2, 0.25) is 0 Å². The second kappa shape index (κ2) is 8.71. The molecular formula is C19H23BrO4S. The van der Waals surface area contributed by atoms with Crippen LogP contribution in [0.2, 0.25) is 0 Å². The quantitative estimate of drug-likeness (QED) is 0.621. The summed E-state index contributed by atoms with van der Waals surface area (Å²) in [6.07, 6.45) is 5.58. The molecule has 1 aromatic rings. The van der Waals surface area contributed by atoms with Gasteiger partial charge in [-0.05, 0) is 71.0 Å². The zero-order valence-corrected chi connectivity index (χ0v) is 16.9. The summed E-state index contributed by atoms with van der Waals surface area (Å²) in [6.45, 7) is 0.271. The van der Waals surface area contributed by atoms with E-state index in [0.717, 1.165) is 34.4 Å². The fourth-order valence-electron chi connectivity index (χ4n) is 3.52. The van der Waals surface area contributed by atoms with Crippen LogP contribution in [0.3, 0.4) is 0 Å². The Kier molecular flexibility index (Phi) is 6.61. The molecule has 0 aromatic heterocycles. The molecule has 25 heavy (non-hydrogen) atoms. The average Bonchev–Trinajstić information content (AvgIpc) is 2.62. The SMILES string of the molecule is COCO[C@H]1CC[C@H]2CCC(=O)C=C2[C@@H]1Sc1cc(OC)ccc1Br. The third-order valence-corrected chi connectivity index (χ3v) is 7.17. The molecule has 0 aliphatic heterocycles. The molecule has 2 aliphatic rings. The molecule has 0 radical (unpaired) electrons. The number of halogens is 1. The van der Waals surface area contributed by atoms with Crippen LogP contribution in [0, 0.1) is 5.92 Å². The minimum atomic E-state index is 0.0384. The van der Waals surface area contributed by atoms with Crippen LogP contribution in [-0.2, 0) is 14.3 Å². The number of ketones is 1. The first kappa shape index (κ1) is 19.0. The van der Waals surface area contributed by atoms with Gasteiger partial charge in [-0.3, -0.25) is 4.79 Å². The van der Waals surface area contributed by atoms with Crippen LogP contribution in [0.25, 0.3) is 0 Å². The van der Waals surface area contributed by atoms with E-state index in [2.05, 4.69) is 15.9 Å². The predicted molar refractivity (Wildman–Crippen MR) is 102 cm³/mol. The fraction of sp³-hybridized carbons (Fsp3) is 0.526. The Morgan fingerprint density at radius 1 is 1.24 bits per heavy atom.